The molecule has 0 aromatic carbocycles. The highest BCUT2D eigenvalue weighted by Crippen LogP contribution is 2.18. The highest BCUT2D eigenvalue weighted by Gasteiger charge is 2.20. The third-order valence-electron chi connectivity index (χ3n) is 3.29. The van der Waals surface area contributed by atoms with Crippen LogP contribution >= 0.6 is 11.6 Å². The van der Waals surface area contributed by atoms with Crippen LogP contribution in [0.15, 0.2) is 11.1 Å². The largest absolute Gasteiger partial charge is 0.312 e. The number of halogens is 1. The van der Waals surface area contributed by atoms with Crippen LogP contribution in [0.1, 0.15) is 40.5 Å². The van der Waals surface area contributed by atoms with E-state index in [1.807, 2.05) is 0 Å². The Hall–Kier alpha value is -0.0500. The first-order chi connectivity index (χ1) is 7.90. The first-order valence-electron chi connectivity index (χ1n) is 6.64. The third kappa shape index (κ3) is 6.44. The average molecular weight is 259 g/mol. The molecule has 17 heavy (non-hydrogen) atoms. The van der Waals surface area contributed by atoms with Crippen molar-refractivity contribution >= 4 is 11.6 Å². The monoisotopic (exact) mass is 258 g/mol. The summed E-state index contributed by atoms with van der Waals surface area (Å²) >= 11 is 5.70. The number of likely N-dealkylation sites (tertiary alicyclic amines) is 1. The maximum atomic E-state index is 5.70. The van der Waals surface area contributed by atoms with Gasteiger partial charge in [-0.15, -0.1) is 0 Å². The minimum absolute atomic E-state index is 0.245. The molecule has 1 saturated heterocycles. The molecule has 0 saturated carbocycles. The molecule has 0 amide bonds. The van der Waals surface area contributed by atoms with Gasteiger partial charge >= 0.3 is 0 Å². The number of rotatable bonds is 4. The molecule has 1 heterocycles. The maximum Gasteiger partial charge on any atom is 0.0201 e. The van der Waals surface area contributed by atoms with Gasteiger partial charge in [-0.25, -0.2) is 0 Å². The lowest BCUT2D eigenvalue weighted by atomic mass is 9.95. The van der Waals surface area contributed by atoms with Crippen molar-refractivity contribution in [1.29, 1.82) is 0 Å². The van der Waals surface area contributed by atoms with Crippen LogP contribution in [0.5, 0.6) is 0 Å². The summed E-state index contributed by atoms with van der Waals surface area (Å²) in [6.07, 6.45) is 2.61. The van der Waals surface area contributed by atoms with Gasteiger partial charge in [0.1, 0.15) is 0 Å². The summed E-state index contributed by atoms with van der Waals surface area (Å²) in [7, 11) is 0. The van der Waals surface area contributed by atoms with Gasteiger partial charge in [0.25, 0.3) is 0 Å². The lowest BCUT2D eigenvalue weighted by Crippen LogP contribution is -2.43. The number of piperidine rings is 1. The lowest BCUT2D eigenvalue weighted by Gasteiger charge is -2.33. The highest BCUT2D eigenvalue weighted by molar-refractivity contribution is 6.25. The zero-order valence-electron chi connectivity index (χ0n) is 11.7. The van der Waals surface area contributed by atoms with Gasteiger partial charge in [-0.2, -0.15) is 0 Å². The zero-order chi connectivity index (χ0) is 12.9. The van der Waals surface area contributed by atoms with E-state index in [9.17, 15) is 0 Å². The molecule has 0 aliphatic carbocycles. The molecule has 0 aromatic rings. The summed E-state index contributed by atoms with van der Waals surface area (Å²) in [5.41, 5.74) is 3.21. The van der Waals surface area contributed by atoms with Crippen molar-refractivity contribution in [1.82, 2.24) is 10.2 Å². The first kappa shape index (κ1) is 15.0. The lowest BCUT2D eigenvalue weighted by molar-refractivity contribution is 0.188. The Balaban J connectivity index is 2.22. The fourth-order valence-corrected chi connectivity index (χ4v) is 2.26. The van der Waals surface area contributed by atoms with Gasteiger partial charge in [-0.05, 0) is 71.7 Å². The number of hydrogen-bond donors (Lipinski definition) is 1. The van der Waals surface area contributed by atoms with E-state index < -0.39 is 0 Å². The molecule has 0 atom stereocenters. The second kappa shape index (κ2) is 6.77. The van der Waals surface area contributed by atoms with Gasteiger partial charge in [0.2, 0.25) is 0 Å². The Bertz CT molecular complexity index is 247. The van der Waals surface area contributed by atoms with Crippen LogP contribution in [-0.2, 0) is 0 Å². The summed E-state index contributed by atoms with van der Waals surface area (Å²) < 4.78 is 0. The molecular formula is C14H27ClN2. The van der Waals surface area contributed by atoms with Gasteiger partial charge in [0.15, 0.2) is 0 Å². The summed E-state index contributed by atoms with van der Waals surface area (Å²) in [6, 6.07) is 0. The van der Waals surface area contributed by atoms with Crippen molar-refractivity contribution in [3.05, 3.63) is 11.1 Å². The van der Waals surface area contributed by atoms with Crippen LogP contribution in [-0.4, -0.2) is 36.6 Å². The first-order valence-corrected chi connectivity index (χ1v) is 7.07. The Morgan fingerprint density at radius 1 is 1.35 bits per heavy atom. The summed E-state index contributed by atoms with van der Waals surface area (Å²) in [5.74, 6) is 0.839. The predicted octanol–water partition coefficient (Wildman–Crippen LogP) is 3.23. The van der Waals surface area contributed by atoms with Crippen LogP contribution in [0.25, 0.3) is 0 Å². The van der Waals surface area contributed by atoms with Crippen molar-refractivity contribution in [3.63, 3.8) is 0 Å². The van der Waals surface area contributed by atoms with E-state index in [0.717, 1.165) is 19.0 Å². The summed E-state index contributed by atoms with van der Waals surface area (Å²) in [6.45, 7) is 13.4. The van der Waals surface area contributed by atoms with Crippen LogP contribution in [0, 0.1) is 5.92 Å². The van der Waals surface area contributed by atoms with Crippen LogP contribution in [0.3, 0.4) is 0 Å². The normalized spacial score (nSPS) is 20.9. The van der Waals surface area contributed by atoms with Crippen LogP contribution < -0.4 is 5.32 Å². The van der Waals surface area contributed by atoms with Gasteiger partial charge in [-0.3, -0.25) is 4.90 Å². The van der Waals surface area contributed by atoms with E-state index in [0.29, 0.717) is 0 Å². The Kier molecular flexibility index (Phi) is 5.98. The Morgan fingerprint density at radius 3 is 2.41 bits per heavy atom. The second-order valence-electron chi connectivity index (χ2n) is 6.31. The molecule has 1 N–H and O–H groups in total. The van der Waals surface area contributed by atoms with Gasteiger partial charge in [0.05, 0.1) is 0 Å². The molecule has 0 aromatic heterocycles. The molecule has 0 unspecified atom stereocenters. The molecule has 1 rings (SSSR count). The van der Waals surface area contributed by atoms with Crippen LogP contribution in [0.4, 0.5) is 0 Å². The van der Waals surface area contributed by atoms with Gasteiger partial charge in [0, 0.05) is 17.6 Å². The highest BCUT2D eigenvalue weighted by atomic mass is 35.5. The van der Waals surface area contributed by atoms with E-state index in [1.165, 1.54) is 31.5 Å². The fraction of sp³-hybridized carbons (Fsp3) is 0.857. The smallest absolute Gasteiger partial charge is 0.0201 e. The number of nitrogens with zero attached hydrogens (tertiary/aromatic N) is 1. The van der Waals surface area contributed by atoms with E-state index in [-0.39, 0.29) is 5.54 Å². The molecule has 0 bridgehead atoms. The molecule has 100 valence electrons. The minimum Gasteiger partial charge on any atom is -0.312 e. The third-order valence-corrected chi connectivity index (χ3v) is 3.66. The van der Waals surface area contributed by atoms with Gasteiger partial charge in [-0.1, -0.05) is 11.6 Å². The summed E-state index contributed by atoms with van der Waals surface area (Å²) in [5, 5.41) is 3.61. The van der Waals surface area contributed by atoms with Crippen LogP contribution in [0.2, 0.25) is 0 Å². The number of nitrogens with one attached hydrogen (secondary N) is 1. The average Bonchev–Trinajstić information content (AvgIpc) is 2.27. The standard InChI is InChI=1S/C14H27ClN2/c1-12(9-15)11-17-7-5-13(6-8-17)10-16-14(2,3)4/h9,13,16H,5-8,10-11H2,1-4H3. The van der Waals surface area contributed by atoms with Crippen molar-refractivity contribution in [2.45, 2.75) is 46.1 Å². The minimum atomic E-state index is 0.245. The van der Waals surface area contributed by atoms with E-state index in [1.54, 1.807) is 5.54 Å². The quantitative estimate of drug-likeness (QED) is 0.833. The summed E-state index contributed by atoms with van der Waals surface area (Å²) in [4.78, 5) is 2.50. The molecule has 1 fully saturated rings. The molecule has 0 spiro atoms. The van der Waals surface area contributed by atoms with Crippen molar-refractivity contribution < 1.29 is 0 Å². The number of hydrogen-bond acceptors (Lipinski definition) is 2. The SMILES string of the molecule is CC(=CCl)CN1CCC(CNC(C)(C)C)CC1. The molecular weight excluding hydrogens is 232 g/mol. The molecule has 1 aliphatic heterocycles. The molecule has 1 aliphatic rings. The van der Waals surface area contributed by atoms with Crippen molar-refractivity contribution in [2.24, 2.45) is 5.92 Å². The van der Waals surface area contributed by atoms with Crippen molar-refractivity contribution in [2.75, 3.05) is 26.2 Å². The Labute approximate surface area is 111 Å². The predicted molar refractivity (Wildman–Crippen MR) is 76.5 cm³/mol. The van der Waals surface area contributed by atoms with E-state index >= 15 is 0 Å². The fourth-order valence-electron chi connectivity index (χ4n) is 2.19. The van der Waals surface area contributed by atoms with Gasteiger partial charge < -0.3 is 5.32 Å². The van der Waals surface area contributed by atoms with E-state index in [2.05, 4.69) is 37.9 Å². The van der Waals surface area contributed by atoms with E-state index in [4.69, 9.17) is 11.6 Å². The maximum absolute atomic E-state index is 5.70. The molecule has 3 heteroatoms. The zero-order valence-corrected chi connectivity index (χ0v) is 12.5. The van der Waals surface area contributed by atoms with Crippen molar-refractivity contribution in [3.8, 4) is 0 Å². The topological polar surface area (TPSA) is 15.3 Å². The molecule has 0 radical (unpaired) electrons. The second-order valence-corrected chi connectivity index (χ2v) is 6.52. The molecule has 2 nitrogen and oxygen atoms in total. The Morgan fingerprint density at radius 2 is 1.94 bits per heavy atom.